The normalized spacial score (nSPS) is 17.0. The number of pyridine rings is 1. The van der Waals surface area contributed by atoms with Crippen molar-refractivity contribution in [2.45, 2.75) is 25.1 Å². The first-order valence-electron chi connectivity index (χ1n) is 14.0. The molecule has 0 atom stereocenters. The lowest BCUT2D eigenvalue weighted by Gasteiger charge is -2.40. The van der Waals surface area contributed by atoms with Gasteiger partial charge in [-0.25, -0.2) is 4.98 Å². The van der Waals surface area contributed by atoms with Gasteiger partial charge in [-0.2, -0.15) is 13.2 Å². The Balaban J connectivity index is 1.35. The van der Waals surface area contributed by atoms with Gasteiger partial charge in [0.15, 0.2) is 0 Å². The fourth-order valence-electron chi connectivity index (χ4n) is 5.68. The van der Waals surface area contributed by atoms with E-state index in [9.17, 15) is 18.0 Å². The van der Waals surface area contributed by atoms with Crippen molar-refractivity contribution in [1.29, 1.82) is 0 Å². The molecule has 0 unspecified atom stereocenters. The van der Waals surface area contributed by atoms with Gasteiger partial charge < -0.3 is 34.3 Å². The molecule has 42 heavy (non-hydrogen) atoms. The SMILES string of the molecule is COCCN(C)c1cc(Nc2ccc(C(=O)N3CCC(N4CCOCC4)CC3)cc2OC)nc2[nH]cc(C(F)(F)F)c12. The van der Waals surface area contributed by atoms with Crippen LogP contribution in [0.1, 0.15) is 28.8 Å². The van der Waals surface area contributed by atoms with Gasteiger partial charge in [0.05, 0.1) is 49.3 Å². The van der Waals surface area contributed by atoms with E-state index in [1.165, 1.54) is 14.2 Å². The molecule has 10 nitrogen and oxygen atoms in total. The summed E-state index contributed by atoms with van der Waals surface area (Å²) in [6.45, 7) is 5.46. The Morgan fingerprint density at radius 1 is 1.17 bits per heavy atom. The van der Waals surface area contributed by atoms with Crippen molar-refractivity contribution in [2.24, 2.45) is 0 Å². The number of amides is 1. The average molecular weight is 591 g/mol. The maximum absolute atomic E-state index is 13.8. The number of nitrogens with one attached hydrogen (secondary N) is 2. The third-order valence-corrected chi connectivity index (χ3v) is 7.99. The van der Waals surface area contributed by atoms with Crippen LogP contribution in [-0.4, -0.2) is 106 Å². The number of aromatic nitrogens is 2. The second-order valence-electron chi connectivity index (χ2n) is 10.6. The highest BCUT2D eigenvalue weighted by Gasteiger charge is 2.36. The minimum Gasteiger partial charge on any atom is -0.495 e. The quantitative estimate of drug-likeness (QED) is 0.380. The van der Waals surface area contributed by atoms with Crippen LogP contribution in [0.3, 0.4) is 0 Å². The Hall–Kier alpha value is -3.55. The van der Waals surface area contributed by atoms with Crippen LogP contribution in [0.5, 0.6) is 5.75 Å². The maximum atomic E-state index is 13.8. The van der Waals surface area contributed by atoms with Gasteiger partial charge in [0, 0.05) is 70.7 Å². The molecule has 0 radical (unpaired) electrons. The number of nitrogens with zero attached hydrogens (tertiary/aromatic N) is 4. The van der Waals surface area contributed by atoms with E-state index in [1.807, 2.05) is 4.90 Å². The van der Waals surface area contributed by atoms with Gasteiger partial charge in [0.25, 0.3) is 5.91 Å². The fraction of sp³-hybridized carbons (Fsp3) is 0.517. The van der Waals surface area contributed by atoms with E-state index in [0.29, 0.717) is 60.8 Å². The van der Waals surface area contributed by atoms with E-state index in [0.717, 1.165) is 45.3 Å². The van der Waals surface area contributed by atoms with Crippen molar-refractivity contribution in [2.75, 3.05) is 84.0 Å². The number of rotatable bonds is 9. The van der Waals surface area contributed by atoms with Crippen molar-refractivity contribution in [1.82, 2.24) is 19.8 Å². The number of aromatic amines is 1. The largest absolute Gasteiger partial charge is 0.495 e. The van der Waals surface area contributed by atoms with Crippen LogP contribution in [0.15, 0.2) is 30.5 Å². The molecular formula is C29H37F3N6O4. The minimum absolute atomic E-state index is 0.0167. The van der Waals surface area contributed by atoms with Crippen LogP contribution >= 0.6 is 0 Å². The molecule has 2 aliphatic rings. The van der Waals surface area contributed by atoms with E-state index < -0.39 is 11.7 Å². The number of carbonyl (C=O) groups is 1. The highest BCUT2D eigenvalue weighted by Crippen LogP contribution is 2.40. The number of anilines is 3. The standard InChI is InChI=1S/C29H37F3N6O4/c1-36(10-13-40-2)23-17-25(35-27-26(23)21(18-33-27)29(30,31)32)34-22-5-4-19(16-24(22)41-3)28(39)38-8-6-20(7-9-38)37-11-14-42-15-12-37/h4-5,16-18,20H,6-15H2,1-3H3,(H2,33,34,35). The summed E-state index contributed by atoms with van der Waals surface area (Å²) in [5.74, 6) is 0.676. The number of ether oxygens (including phenoxy) is 3. The van der Waals surface area contributed by atoms with Gasteiger partial charge in [-0.3, -0.25) is 9.69 Å². The molecular weight excluding hydrogens is 553 g/mol. The molecule has 2 aliphatic heterocycles. The first-order valence-corrected chi connectivity index (χ1v) is 14.0. The summed E-state index contributed by atoms with van der Waals surface area (Å²) in [6.07, 6.45) is -1.77. The van der Waals surface area contributed by atoms with Crippen LogP contribution in [0.25, 0.3) is 11.0 Å². The highest BCUT2D eigenvalue weighted by atomic mass is 19.4. The summed E-state index contributed by atoms with van der Waals surface area (Å²) >= 11 is 0. The van der Waals surface area contributed by atoms with Crippen LogP contribution in [0.4, 0.5) is 30.4 Å². The van der Waals surface area contributed by atoms with E-state index in [2.05, 4.69) is 20.2 Å². The zero-order valence-corrected chi connectivity index (χ0v) is 24.1. The predicted octanol–water partition coefficient (Wildman–Crippen LogP) is 4.35. The topological polar surface area (TPSA) is 95.2 Å². The smallest absolute Gasteiger partial charge is 0.418 e. The Labute approximate surface area is 242 Å². The summed E-state index contributed by atoms with van der Waals surface area (Å²) in [4.78, 5) is 26.5. The number of alkyl halides is 3. The number of methoxy groups -OCH3 is 2. The van der Waals surface area contributed by atoms with Crippen LogP contribution in [-0.2, 0) is 15.7 Å². The second kappa shape index (κ2) is 12.8. The molecule has 4 heterocycles. The third-order valence-electron chi connectivity index (χ3n) is 7.99. The number of fused-ring (bicyclic) bond motifs is 1. The number of piperidine rings is 1. The lowest BCUT2D eigenvalue weighted by Crippen LogP contribution is -2.50. The van der Waals surface area contributed by atoms with Crippen LogP contribution < -0.4 is 15.0 Å². The van der Waals surface area contributed by atoms with Crippen molar-refractivity contribution < 1.29 is 32.2 Å². The van der Waals surface area contributed by atoms with Gasteiger partial charge in [0.1, 0.15) is 17.2 Å². The van der Waals surface area contributed by atoms with Gasteiger partial charge in [-0.1, -0.05) is 0 Å². The average Bonchev–Trinajstić information content (AvgIpc) is 3.45. The molecule has 0 spiro atoms. The van der Waals surface area contributed by atoms with Gasteiger partial charge in [-0.15, -0.1) is 0 Å². The number of morpholine rings is 1. The Kier molecular flexibility index (Phi) is 9.09. The van der Waals surface area contributed by atoms with Gasteiger partial charge in [0.2, 0.25) is 0 Å². The molecule has 2 aromatic heterocycles. The van der Waals surface area contributed by atoms with E-state index >= 15 is 0 Å². The van der Waals surface area contributed by atoms with Crippen molar-refractivity contribution in [3.05, 3.63) is 41.6 Å². The summed E-state index contributed by atoms with van der Waals surface area (Å²) in [6, 6.07) is 7.16. The number of likely N-dealkylation sites (N-methyl/N-ethyl adjacent to an activating group) is 1. The molecule has 1 amide bonds. The van der Waals surface area contributed by atoms with E-state index in [-0.39, 0.29) is 16.9 Å². The first kappa shape index (κ1) is 29.9. The number of H-pyrrole nitrogens is 1. The fourth-order valence-corrected chi connectivity index (χ4v) is 5.68. The lowest BCUT2D eigenvalue weighted by atomic mass is 10.0. The molecule has 2 fully saturated rings. The Morgan fingerprint density at radius 2 is 1.90 bits per heavy atom. The first-order chi connectivity index (χ1) is 20.2. The Bertz CT molecular complexity index is 1380. The molecule has 0 saturated carbocycles. The summed E-state index contributed by atoms with van der Waals surface area (Å²) in [7, 11) is 4.74. The van der Waals surface area contributed by atoms with Gasteiger partial charge in [-0.05, 0) is 31.0 Å². The number of carbonyl (C=O) groups excluding carboxylic acids is 1. The molecule has 0 bridgehead atoms. The second-order valence-corrected chi connectivity index (χ2v) is 10.6. The molecule has 2 saturated heterocycles. The molecule has 228 valence electrons. The summed E-state index contributed by atoms with van der Waals surface area (Å²) in [5, 5.41) is 3.15. The zero-order chi connectivity index (χ0) is 29.9. The maximum Gasteiger partial charge on any atom is 0.418 e. The van der Waals surface area contributed by atoms with Crippen molar-refractivity contribution in [3.63, 3.8) is 0 Å². The molecule has 3 aromatic rings. The Morgan fingerprint density at radius 3 is 2.57 bits per heavy atom. The molecule has 0 aliphatic carbocycles. The summed E-state index contributed by atoms with van der Waals surface area (Å²) in [5.41, 5.74) is 0.687. The molecule has 1 aromatic carbocycles. The summed E-state index contributed by atoms with van der Waals surface area (Å²) < 4.78 is 57.5. The number of hydrogen-bond acceptors (Lipinski definition) is 8. The van der Waals surface area contributed by atoms with Crippen molar-refractivity contribution >= 4 is 34.1 Å². The molecule has 2 N–H and O–H groups in total. The molecule has 5 rings (SSSR count). The van der Waals surface area contributed by atoms with Crippen molar-refractivity contribution in [3.8, 4) is 5.75 Å². The lowest BCUT2D eigenvalue weighted by molar-refractivity contribution is -0.136. The highest BCUT2D eigenvalue weighted by molar-refractivity contribution is 5.97. The van der Waals surface area contributed by atoms with Crippen LogP contribution in [0, 0.1) is 0 Å². The molecule has 13 heteroatoms. The van der Waals surface area contributed by atoms with E-state index in [4.69, 9.17) is 14.2 Å². The monoisotopic (exact) mass is 590 g/mol. The number of hydrogen-bond donors (Lipinski definition) is 2. The van der Waals surface area contributed by atoms with E-state index in [1.54, 1.807) is 36.2 Å². The number of benzene rings is 1. The number of likely N-dealkylation sites (tertiary alicyclic amines) is 1. The number of halogens is 3. The van der Waals surface area contributed by atoms with Gasteiger partial charge >= 0.3 is 6.18 Å². The minimum atomic E-state index is -4.55. The third kappa shape index (κ3) is 6.42. The van der Waals surface area contributed by atoms with Crippen LogP contribution in [0.2, 0.25) is 0 Å². The zero-order valence-electron chi connectivity index (χ0n) is 24.1. The predicted molar refractivity (Wildman–Crippen MR) is 154 cm³/mol.